The largest absolute Gasteiger partial charge is 0.494 e. The van der Waals surface area contributed by atoms with Gasteiger partial charge in [0.25, 0.3) is 0 Å². The van der Waals surface area contributed by atoms with Crippen molar-refractivity contribution in [3.8, 4) is 16.9 Å². The van der Waals surface area contributed by atoms with Gasteiger partial charge < -0.3 is 4.74 Å². The predicted molar refractivity (Wildman–Crippen MR) is 63.7 cm³/mol. The molecule has 0 spiro atoms. The van der Waals surface area contributed by atoms with Crippen LogP contribution in [0.25, 0.3) is 11.1 Å². The van der Waals surface area contributed by atoms with Gasteiger partial charge in [0, 0.05) is 5.56 Å². The Labute approximate surface area is 103 Å². The highest BCUT2D eigenvalue weighted by atomic mass is 19.1. The molecule has 0 heterocycles. The highest BCUT2D eigenvalue weighted by Gasteiger charge is 2.09. The Morgan fingerprint density at radius 3 is 2.50 bits per heavy atom. The van der Waals surface area contributed by atoms with E-state index in [0.29, 0.717) is 23.0 Å². The number of rotatable bonds is 3. The van der Waals surface area contributed by atoms with Crippen molar-refractivity contribution in [1.29, 1.82) is 0 Å². The van der Waals surface area contributed by atoms with Crippen molar-refractivity contribution < 1.29 is 18.3 Å². The molecule has 0 unspecified atom stereocenters. The summed E-state index contributed by atoms with van der Waals surface area (Å²) in [5, 5.41) is 0. The fourth-order valence-corrected chi connectivity index (χ4v) is 1.72. The van der Waals surface area contributed by atoms with Gasteiger partial charge in [0.05, 0.1) is 7.11 Å². The molecule has 4 heteroatoms. The van der Waals surface area contributed by atoms with Crippen LogP contribution in [0.3, 0.4) is 0 Å². The van der Waals surface area contributed by atoms with Crippen molar-refractivity contribution in [2.75, 3.05) is 7.11 Å². The van der Waals surface area contributed by atoms with E-state index in [1.165, 1.54) is 37.4 Å². The summed E-state index contributed by atoms with van der Waals surface area (Å²) in [4.78, 5) is 10.9. The average molecular weight is 248 g/mol. The van der Waals surface area contributed by atoms with Crippen molar-refractivity contribution >= 4 is 6.29 Å². The summed E-state index contributed by atoms with van der Waals surface area (Å²) in [6, 6.07) is 7.96. The number of carbonyl (C=O) groups is 1. The second-order valence-corrected chi connectivity index (χ2v) is 3.70. The number of carbonyl (C=O) groups excluding carboxylic acids is 1. The molecule has 0 bridgehead atoms. The number of halogens is 2. The first-order valence-electron chi connectivity index (χ1n) is 5.24. The van der Waals surface area contributed by atoms with E-state index in [4.69, 9.17) is 4.74 Å². The average Bonchev–Trinajstić information content (AvgIpc) is 2.38. The molecule has 92 valence electrons. The molecule has 0 aliphatic carbocycles. The maximum absolute atomic E-state index is 13.6. The molecule has 0 aliphatic heterocycles. The summed E-state index contributed by atoms with van der Waals surface area (Å²) >= 11 is 0. The first-order valence-corrected chi connectivity index (χ1v) is 5.24. The van der Waals surface area contributed by atoms with Crippen molar-refractivity contribution in [3.05, 3.63) is 53.6 Å². The van der Waals surface area contributed by atoms with Crippen LogP contribution >= 0.6 is 0 Å². The number of hydrogen-bond donors (Lipinski definition) is 0. The molecule has 0 amide bonds. The van der Waals surface area contributed by atoms with E-state index in [9.17, 15) is 13.6 Å². The molecule has 0 aromatic heterocycles. The molecule has 2 nitrogen and oxygen atoms in total. The lowest BCUT2D eigenvalue weighted by Crippen LogP contribution is -1.92. The Morgan fingerprint density at radius 1 is 1.11 bits per heavy atom. The summed E-state index contributed by atoms with van der Waals surface area (Å²) in [6.45, 7) is 0. The normalized spacial score (nSPS) is 10.2. The third-order valence-electron chi connectivity index (χ3n) is 2.61. The number of aldehydes is 1. The Kier molecular flexibility index (Phi) is 3.37. The van der Waals surface area contributed by atoms with Gasteiger partial charge in [-0.25, -0.2) is 8.78 Å². The van der Waals surface area contributed by atoms with Crippen molar-refractivity contribution in [1.82, 2.24) is 0 Å². The Bertz CT molecular complexity index is 594. The molecule has 0 saturated carbocycles. The fraction of sp³-hybridized carbons (Fsp3) is 0.0714. The minimum Gasteiger partial charge on any atom is -0.494 e. The quantitative estimate of drug-likeness (QED) is 0.777. The zero-order chi connectivity index (χ0) is 13.1. The summed E-state index contributed by atoms with van der Waals surface area (Å²) in [5.74, 6) is -0.939. The van der Waals surface area contributed by atoms with Crippen LogP contribution in [0.5, 0.6) is 5.75 Å². The van der Waals surface area contributed by atoms with Gasteiger partial charge in [-0.05, 0) is 41.5 Å². The maximum atomic E-state index is 13.6. The lowest BCUT2D eigenvalue weighted by Gasteiger charge is -2.07. The SMILES string of the molecule is COc1ccc(-c2cc(F)ccc2C=O)cc1F. The fourth-order valence-electron chi connectivity index (χ4n) is 1.72. The first kappa shape index (κ1) is 12.2. The topological polar surface area (TPSA) is 26.3 Å². The molecule has 2 aromatic carbocycles. The van der Waals surface area contributed by atoms with Gasteiger partial charge in [-0.3, -0.25) is 4.79 Å². The summed E-state index contributed by atoms with van der Waals surface area (Å²) < 4.78 is 31.5. The van der Waals surface area contributed by atoms with E-state index in [0.717, 1.165) is 0 Å². The minimum atomic E-state index is -0.559. The van der Waals surface area contributed by atoms with Crippen LogP contribution in [0.4, 0.5) is 8.78 Å². The van der Waals surface area contributed by atoms with Gasteiger partial charge in [-0.15, -0.1) is 0 Å². The summed E-state index contributed by atoms with van der Waals surface area (Å²) in [7, 11) is 1.36. The number of methoxy groups -OCH3 is 1. The second-order valence-electron chi connectivity index (χ2n) is 3.70. The molecule has 2 aromatic rings. The number of hydrogen-bond acceptors (Lipinski definition) is 2. The molecular weight excluding hydrogens is 238 g/mol. The number of benzene rings is 2. The molecular formula is C14H10F2O2. The standard InChI is InChI=1S/C14H10F2O2/c1-18-14-5-3-9(6-13(14)16)12-7-11(15)4-2-10(12)8-17/h2-8H,1H3. The molecule has 0 N–H and O–H groups in total. The minimum absolute atomic E-state index is 0.0998. The van der Waals surface area contributed by atoms with Crippen LogP contribution in [-0.4, -0.2) is 13.4 Å². The smallest absolute Gasteiger partial charge is 0.165 e. The molecule has 0 aliphatic rings. The zero-order valence-electron chi connectivity index (χ0n) is 9.61. The van der Waals surface area contributed by atoms with Crippen molar-refractivity contribution in [2.24, 2.45) is 0 Å². The van der Waals surface area contributed by atoms with Gasteiger partial charge >= 0.3 is 0 Å². The van der Waals surface area contributed by atoms with Crippen LogP contribution in [0, 0.1) is 11.6 Å². The highest BCUT2D eigenvalue weighted by Crippen LogP contribution is 2.28. The second kappa shape index (κ2) is 4.96. The van der Waals surface area contributed by atoms with E-state index in [1.807, 2.05) is 0 Å². The molecule has 0 saturated heterocycles. The van der Waals surface area contributed by atoms with Gasteiger partial charge in [0.15, 0.2) is 17.9 Å². The van der Waals surface area contributed by atoms with Crippen LogP contribution in [0.1, 0.15) is 10.4 Å². The lowest BCUT2D eigenvalue weighted by molar-refractivity contribution is 0.112. The van der Waals surface area contributed by atoms with Crippen molar-refractivity contribution in [3.63, 3.8) is 0 Å². The molecule has 0 atom stereocenters. The molecule has 0 radical (unpaired) electrons. The summed E-state index contributed by atoms with van der Waals surface area (Å²) in [6.07, 6.45) is 0.608. The third-order valence-corrected chi connectivity index (χ3v) is 2.61. The van der Waals surface area contributed by atoms with E-state index in [2.05, 4.69) is 0 Å². The van der Waals surface area contributed by atoms with Crippen LogP contribution in [0.15, 0.2) is 36.4 Å². The van der Waals surface area contributed by atoms with Crippen LogP contribution < -0.4 is 4.74 Å². The lowest BCUT2D eigenvalue weighted by atomic mass is 10.00. The first-order chi connectivity index (χ1) is 8.65. The predicted octanol–water partition coefficient (Wildman–Crippen LogP) is 3.45. The van der Waals surface area contributed by atoms with Gasteiger partial charge in [0.1, 0.15) is 5.82 Å². The molecule has 0 fully saturated rings. The van der Waals surface area contributed by atoms with E-state index >= 15 is 0 Å². The Balaban J connectivity index is 2.57. The summed E-state index contributed by atoms with van der Waals surface area (Å²) in [5.41, 5.74) is 1.09. The van der Waals surface area contributed by atoms with Gasteiger partial charge in [0.2, 0.25) is 0 Å². The highest BCUT2D eigenvalue weighted by molar-refractivity contribution is 5.87. The third kappa shape index (κ3) is 2.22. The van der Waals surface area contributed by atoms with E-state index < -0.39 is 11.6 Å². The van der Waals surface area contributed by atoms with Crippen LogP contribution in [0.2, 0.25) is 0 Å². The van der Waals surface area contributed by atoms with Crippen LogP contribution in [-0.2, 0) is 0 Å². The van der Waals surface area contributed by atoms with Crippen molar-refractivity contribution in [2.45, 2.75) is 0 Å². The molecule has 18 heavy (non-hydrogen) atoms. The number of ether oxygens (including phenoxy) is 1. The molecule has 2 rings (SSSR count). The Hall–Kier alpha value is -2.23. The maximum Gasteiger partial charge on any atom is 0.165 e. The van der Waals surface area contributed by atoms with E-state index in [-0.39, 0.29) is 5.75 Å². The monoisotopic (exact) mass is 248 g/mol. The van der Waals surface area contributed by atoms with Gasteiger partial charge in [-0.1, -0.05) is 6.07 Å². The zero-order valence-corrected chi connectivity index (χ0v) is 9.61. The van der Waals surface area contributed by atoms with Gasteiger partial charge in [-0.2, -0.15) is 0 Å². The van der Waals surface area contributed by atoms with E-state index in [1.54, 1.807) is 6.07 Å². The Morgan fingerprint density at radius 2 is 1.89 bits per heavy atom.